The molecule has 100 valence electrons. The van der Waals surface area contributed by atoms with E-state index in [1.54, 1.807) is 16.7 Å². The van der Waals surface area contributed by atoms with Gasteiger partial charge < -0.3 is 14.6 Å². The van der Waals surface area contributed by atoms with Gasteiger partial charge in [0.25, 0.3) is 5.56 Å². The summed E-state index contributed by atoms with van der Waals surface area (Å²) in [5, 5.41) is 8.96. The maximum atomic E-state index is 13.8. The number of aromatic nitrogens is 3. The van der Waals surface area contributed by atoms with Gasteiger partial charge >= 0.3 is 7.48 Å². The Morgan fingerprint density at radius 3 is 2.80 bits per heavy atom. The largest absolute Gasteiger partial charge is 0.449 e. The lowest BCUT2D eigenvalue weighted by Crippen LogP contribution is -2.13. The fraction of sp³-hybridized carbons (Fsp3) is 0.0769. The van der Waals surface area contributed by atoms with E-state index in [9.17, 15) is 9.18 Å². The summed E-state index contributed by atoms with van der Waals surface area (Å²) in [5.41, 5.74) is 1.58. The van der Waals surface area contributed by atoms with Gasteiger partial charge in [0.1, 0.15) is 5.39 Å². The molecular weight excluding hydrogens is 260 g/mol. The predicted octanol–water partition coefficient (Wildman–Crippen LogP) is -0.119. The van der Waals surface area contributed by atoms with Crippen LogP contribution in [0.2, 0.25) is 0 Å². The van der Waals surface area contributed by atoms with Crippen LogP contribution in [-0.4, -0.2) is 27.0 Å². The molecule has 0 aliphatic carbocycles. The van der Waals surface area contributed by atoms with Crippen molar-refractivity contribution in [2.24, 2.45) is 0 Å². The van der Waals surface area contributed by atoms with Crippen molar-refractivity contribution in [3.8, 4) is 0 Å². The van der Waals surface area contributed by atoms with E-state index < -0.39 is 11.4 Å². The van der Waals surface area contributed by atoms with Crippen LogP contribution < -0.4 is 11.0 Å². The van der Waals surface area contributed by atoms with Crippen LogP contribution in [0.4, 0.5) is 4.39 Å². The van der Waals surface area contributed by atoms with Crippen molar-refractivity contribution in [3.05, 3.63) is 58.5 Å². The Morgan fingerprint density at radius 1 is 1.35 bits per heavy atom. The highest BCUT2D eigenvalue weighted by molar-refractivity contribution is 6.45. The van der Waals surface area contributed by atoms with Gasteiger partial charge in [-0.2, -0.15) is 0 Å². The number of fused-ring (bicyclic) bond motifs is 1. The lowest BCUT2D eigenvalue weighted by atomic mass is 9.88. The first-order valence-corrected chi connectivity index (χ1v) is 6.09. The Bertz CT molecular complexity index is 811. The van der Waals surface area contributed by atoms with Gasteiger partial charge in [0.15, 0.2) is 11.5 Å². The van der Waals surface area contributed by atoms with Crippen LogP contribution in [0.5, 0.6) is 0 Å². The standard InChI is InChI=1S/C13H11BFN3O2/c15-10-6-18(12-11(10)13(19)17-7-16-12)5-8-1-3-9(14-20)4-2-8/h1-4,6-7,14,20H,5H2,(H,16,17,19). The first-order chi connectivity index (χ1) is 9.69. The third-order valence-corrected chi connectivity index (χ3v) is 3.17. The summed E-state index contributed by atoms with van der Waals surface area (Å²) >= 11 is 0. The maximum absolute atomic E-state index is 13.8. The molecule has 3 rings (SSSR count). The molecule has 0 saturated carbocycles. The molecule has 2 aromatic heterocycles. The van der Waals surface area contributed by atoms with E-state index in [-0.39, 0.29) is 12.9 Å². The number of nitrogens with zero attached hydrogens (tertiary/aromatic N) is 2. The van der Waals surface area contributed by atoms with Crippen LogP contribution in [0.1, 0.15) is 5.56 Å². The van der Waals surface area contributed by atoms with E-state index in [4.69, 9.17) is 5.02 Å². The molecule has 0 saturated heterocycles. The normalized spacial score (nSPS) is 10.9. The van der Waals surface area contributed by atoms with E-state index in [0.717, 1.165) is 11.0 Å². The molecule has 0 aliphatic heterocycles. The highest BCUT2D eigenvalue weighted by atomic mass is 19.1. The first-order valence-electron chi connectivity index (χ1n) is 6.09. The Labute approximate surface area is 114 Å². The molecule has 0 atom stereocenters. The van der Waals surface area contributed by atoms with Gasteiger partial charge in [-0.1, -0.05) is 29.7 Å². The van der Waals surface area contributed by atoms with Gasteiger partial charge in [0, 0.05) is 12.7 Å². The van der Waals surface area contributed by atoms with Gasteiger partial charge in [0.2, 0.25) is 0 Å². The number of nitrogens with one attached hydrogen (secondary N) is 1. The van der Waals surface area contributed by atoms with E-state index in [0.29, 0.717) is 12.2 Å². The second-order valence-electron chi connectivity index (χ2n) is 4.51. The molecule has 2 heterocycles. The van der Waals surface area contributed by atoms with E-state index in [2.05, 4.69) is 9.97 Å². The molecule has 1 aromatic carbocycles. The molecule has 2 N–H and O–H groups in total. The summed E-state index contributed by atoms with van der Waals surface area (Å²) < 4.78 is 15.4. The second kappa shape index (κ2) is 4.94. The third kappa shape index (κ3) is 2.12. The zero-order valence-electron chi connectivity index (χ0n) is 10.5. The summed E-state index contributed by atoms with van der Waals surface area (Å²) in [6.45, 7) is 0.405. The first kappa shape index (κ1) is 12.6. The van der Waals surface area contributed by atoms with Crippen LogP contribution in [0.25, 0.3) is 11.0 Å². The Morgan fingerprint density at radius 2 is 2.10 bits per heavy atom. The molecule has 20 heavy (non-hydrogen) atoms. The highest BCUT2D eigenvalue weighted by Gasteiger charge is 2.12. The smallest absolute Gasteiger partial charge is 0.304 e. The minimum absolute atomic E-state index is 0.0156. The lowest BCUT2D eigenvalue weighted by Gasteiger charge is -2.05. The number of hydrogen-bond acceptors (Lipinski definition) is 3. The predicted molar refractivity (Wildman–Crippen MR) is 74.9 cm³/mol. The average molecular weight is 271 g/mol. The van der Waals surface area contributed by atoms with Crippen molar-refractivity contribution in [1.29, 1.82) is 0 Å². The molecule has 0 spiro atoms. The molecule has 0 amide bonds. The van der Waals surface area contributed by atoms with Crippen LogP contribution in [0, 0.1) is 5.82 Å². The lowest BCUT2D eigenvalue weighted by molar-refractivity contribution is 0.615. The monoisotopic (exact) mass is 271 g/mol. The molecule has 0 bridgehead atoms. The zero-order chi connectivity index (χ0) is 14.1. The number of rotatable bonds is 3. The number of hydrogen-bond donors (Lipinski definition) is 2. The van der Waals surface area contributed by atoms with Gasteiger partial charge in [-0.25, -0.2) is 9.37 Å². The van der Waals surface area contributed by atoms with E-state index >= 15 is 0 Å². The van der Waals surface area contributed by atoms with Crippen molar-refractivity contribution >= 4 is 24.0 Å². The van der Waals surface area contributed by atoms with Crippen LogP contribution >= 0.6 is 0 Å². The summed E-state index contributed by atoms with van der Waals surface area (Å²) in [7, 11) is -0.0156. The van der Waals surface area contributed by atoms with Crippen molar-refractivity contribution < 1.29 is 9.41 Å². The molecule has 0 fully saturated rings. The molecule has 3 aromatic rings. The van der Waals surface area contributed by atoms with Crippen molar-refractivity contribution in [2.75, 3.05) is 0 Å². The Hall–Kier alpha value is -2.41. The quantitative estimate of drug-likeness (QED) is 0.652. The SMILES string of the molecule is O=c1[nH]cnc2c1c(F)cn2Cc1ccc(BO)cc1. The van der Waals surface area contributed by atoms with Gasteiger partial charge in [-0.15, -0.1) is 0 Å². The van der Waals surface area contributed by atoms with Crippen molar-refractivity contribution in [3.63, 3.8) is 0 Å². The fourth-order valence-corrected chi connectivity index (χ4v) is 2.15. The minimum atomic E-state index is -0.582. The van der Waals surface area contributed by atoms with E-state index in [1.807, 2.05) is 12.1 Å². The molecule has 0 unspecified atom stereocenters. The fourth-order valence-electron chi connectivity index (χ4n) is 2.15. The number of benzene rings is 1. The second-order valence-corrected chi connectivity index (χ2v) is 4.51. The molecule has 0 aliphatic rings. The maximum Gasteiger partial charge on any atom is 0.304 e. The average Bonchev–Trinajstić information content (AvgIpc) is 2.77. The molecule has 7 heteroatoms. The van der Waals surface area contributed by atoms with Crippen LogP contribution in [0.15, 0.2) is 41.6 Å². The molecule has 5 nitrogen and oxygen atoms in total. The van der Waals surface area contributed by atoms with Gasteiger partial charge in [-0.3, -0.25) is 4.79 Å². The van der Waals surface area contributed by atoms with E-state index in [1.165, 1.54) is 12.5 Å². The molecule has 0 radical (unpaired) electrons. The van der Waals surface area contributed by atoms with Gasteiger partial charge in [0.05, 0.1) is 6.33 Å². The Kier molecular flexibility index (Phi) is 3.11. The van der Waals surface area contributed by atoms with Crippen LogP contribution in [0.3, 0.4) is 0 Å². The van der Waals surface area contributed by atoms with Crippen LogP contribution in [-0.2, 0) is 6.54 Å². The summed E-state index contributed by atoms with van der Waals surface area (Å²) in [6.07, 6.45) is 2.53. The minimum Gasteiger partial charge on any atom is -0.449 e. The van der Waals surface area contributed by atoms with Crippen molar-refractivity contribution in [1.82, 2.24) is 14.5 Å². The number of H-pyrrole nitrogens is 1. The molecular formula is C13H11BFN3O2. The van der Waals surface area contributed by atoms with Crippen molar-refractivity contribution in [2.45, 2.75) is 6.54 Å². The number of halogens is 1. The third-order valence-electron chi connectivity index (χ3n) is 3.17. The highest BCUT2D eigenvalue weighted by Crippen LogP contribution is 2.15. The Balaban J connectivity index is 2.02. The number of aromatic amines is 1. The summed E-state index contributed by atoms with van der Waals surface area (Å²) in [6, 6.07) is 7.31. The summed E-state index contributed by atoms with van der Waals surface area (Å²) in [4.78, 5) is 18.0. The zero-order valence-corrected chi connectivity index (χ0v) is 10.5. The van der Waals surface area contributed by atoms with Gasteiger partial charge in [-0.05, 0) is 5.56 Å². The summed E-state index contributed by atoms with van der Waals surface area (Å²) in [5.74, 6) is -0.582. The topological polar surface area (TPSA) is 70.9 Å².